The van der Waals surface area contributed by atoms with E-state index in [1.807, 2.05) is 24.3 Å². The lowest BCUT2D eigenvalue weighted by molar-refractivity contribution is 0.282. The summed E-state index contributed by atoms with van der Waals surface area (Å²) in [6.07, 6.45) is 7.97. The van der Waals surface area contributed by atoms with Crippen molar-refractivity contribution in [1.82, 2.24) is 5.32 Å². The van der Waals surface area contributed by atoms with Crippen molar-refractivity contribution in [2.75, 3.05) is 7.11 Å². The predicted molar refractivity (Wildman–Crippen MR) is 122 cm³/mol. The van der Waals surface area contributed by atoms with Gasteiger partial charge in [-0.2, -0.15) is 0 Å². The zero-order valence-corrected chi connectivity index (χ0v) is 19.3. The van der Waals surface area contributed by atoms with Crippen molar-refractivity contribution in [3.63, 3.8) is 0 Å². The first-order chi connectivity index (χ1) is 13.2. The molecule has 0 aliphatic heterocycles. The van der Waals surface area contributed by atoms with Gasteiger partial charge in [-0.05, 0) is 64.2 Å². The molecule has 3 nitrogen and oxygen atoms in total. The molecule has 0 spiro atoms. The number of halogens is 3. The Morgan fingerprint density at radius 2 is 1.71 bits per heavy atom. The first-order valence-electron chi connectivity index (χ1n) is 9.63. The second-order valence-electron chi connectivity index (χ2n) is 7.09. The minimum Gasteiger partial charge on any atom is -0.493 e. The molecule has 0 aromatic heterocycles. The van der Waals surface area contributed by atoms with Crippen molar-refractivity contribution in [2.24, 2.45) is 0 Å². The Morgan fingerprint density at radius 3 is 2.36 bits per heavy atom. The van der Waals surface area contributed by atoms with Gasteiger partial charge in [-0.25, -0.2) is 0 Å². The first-order valence-corrected chi connectivity index (χ1v) is 10.8. The summed E-state index contributed by atoms with van der Waals surface area (Å²) in [6, 6.07) is 12.5. The van der Waals surface area contributed by atoms with Gasteiger partial charge in [0, 0.05) is 17.6 Å². The van der Waals surface area contributed by atoms with E-state index in [0.717, 1.165) is 33.1 Å². The molecule has 0 amide bonds. The van der Waals surface area contributed by atoms with Crippen LogP contribution in [0.2, 0.25) is 5.02 Å². The minimum absolute atomic E-state index is 0. The monoisotopic (exact) mass is 487 g/mol. The van der Waals surface area contributed by atoms with E-state index in [9.17, 15) is 0 Å². The van der Waals surface area contributed by atoms with E-state index >= 15 is 0 Å². The summed E-state index contributed by atoms with van der Waals surface area (Å²) < 4.78 is 12.5. The average Bonchev–Trinajstić information content (AvgIpc) is 2.95. The van der Waals surface area contributed by atoms with Crippen molar-refractivity contribution in [2.45, 2.75) is 57.7 Å². The highest BCUT2D eigenvalue weighted by molar-refractivity contribution is 9.10. The summed E-state index contributed by atoms with van der Waals surface area (Å²) in [5.41, 5.74) is 2.26. The molecule has 2 aromatic carbocycles. The maximum Gasteiger partial charge on any atom is 0.175 e. The number of rotatable bonds is 7. The number of benzene rings is 2. The summed E-state index contributed by atoms with van der Waals surface area (Å²) in [4.78, 5) is 0. The molecule has 154 valence electrons. The largest absolute Gasteiger partial charge is 0.493 e. The third-order valence-corrected chi connectivity index (χ3v) is 5.88. The van der Waals surface area contributed by atoms with E-state index < -0.39 is 0 Å². The van der Waals surface area contributed by atoms with Gasteiger partial charge in [-0.3, -0.25) is 0 Å². The smallest absolute Gasteiger partial charge is 0.175 e. The maximum absolute atomic E-state index is 6.02. The van der Waals surface area contributed by atoms with Gasteiger partial charge in [0.2, 0.25) is 0 Å². The lowest BCUT2D eigenvalue weighted by Crippen LogP contribution is -2.27. The molecule has 0 heterocycles. The van der Waals surface area contributed by atoms with Crippen molar-refractivity contribution < 1.29 is 9.47 Å². The number of hydrogen-bond acceptors (Lipinski definition) is 3. The molecule has 1 saturated carbocycles. The van der Waals surface area contributed by atoms with Crippen molar-refractivity contribution in [3.8, 4) is 11.5 Å². The van der Waals surface area contributed by atoms with E-state index in [1.165, 1.54) is 44.1 Å². The number of methoxy groups -OCH3 is 1. The van der Waals surface area contributed by atoms with Crippen LogP contribution in [-0.4, -0.2) is 13.2 Å². The van der Waals surface area contributed by atoms with Crippen LogP contribution in [0.15, 0.2) is 40.9 Å². The fourth-order valence-electron chi connectivity index (χ4n) is 3.50. The molecule has 6 heteroatoms. The summed E-state index contributed by atoms with van der Waals surface area (Å²) in [6.45, 7) is 1.31. The molecule has 28 heavy (non-hydrogen) atoms. The Balaban J connectivity index is 0.00000280. The molecule has 0 bridgehead atoms. The fourth-order valence-corrected chi connectivity index (χ4v) is 4.23. The zero-order valence-electron chi connectivity index (χ0n) is 16.2. The Morgan fingerprint density at radius 1 is 1.04 bits per heavy atom. The van der Waals surface area contributed by atoms with Gasteiger partial charge in [0.1, 0.15) is 6.61 Å². The van der Waals surface area contributed by atoms with Gasteiger partial charge in [0.25, 0.3) is 0 Å². The van der Waals surface area contributed by atoms with Crippen molar-refractivity contribution in [1.29, 1.82) is 0 Å². The normalized spacial score (nSPS) is 14.8. The molecule has 2 aromatic rings. The molecule has 0 unspecified atom stereocenters. The highest BCUT2D eigenvalue weighted by atomic mass is 79.9. The van der Waals surface area contributed by atoms with Crippen LogP contribution >= 0.6 is 39.9 Å². The molecular formula is C22H28BrCl2NO2. The average molecular weight is 489 g/mol. The molecule has 0 saturated heterocycles. The van der Waals surface area contributed by atoms with Crippen molar-refractivity contribution in [3.05, 3.63) is 57.0 Å². The first kappa shape index (κ1) is 23.3. The van der Waals surface area contributed by atoms with Crippen LogP contribution in [0.3, 0.4) is 0 Å². The van der Waals surface area contributed by atoms with E-state index in [-0.39, 0.29) is 12.4 Å². The third kappa shape index (κ3) is 6.84. The lowest BCUT2D eigenvalue weighted by atomic mass is 10.1. The Bertz CT molecular complexity index is 732. The van der Waals surface area contributed by atoms with Crippen LogP contribution in [0, 0.1) is 0 Å². The highest BCUT2D eigenvalue weighted by Gasteiger charge is 2.15. The highest BCUT2D eigenvalue weighted by Crippen LogP contribution is 2.37. The number of hydrogen-bond donors (Lipinski definition) is 1. The van der Waals surface area contributed by atoms with Crippen LogP contribution in [0.25, 0.3) is 0 Å². The molecule has 3 rings (SSSR count). The maximum atomic E-state index is 6.02. The van der Waals surface area contributed by atoms with E-state index in [2.05, 4.69) is 33.4 Å². The Kier molecular flexibility index (Phi) is 9.93. The van der Waals surface area contributed by atoms with E-state index in [4.69, 9.17) is 21.1 Å². The van der Waals surface area contributed by atoms with E-state index in [1.54, 1.807) is 7.11 Å². The van der Waals surface area contributed by atoms with Crippen LogP contribution in [0.1, 0.15) is 49.7 Å². The fraction of sp³-hybridized carbons (Fsp3) is 0.455. The lowest BCUT2D eigenvalue weighted by Gasteiger charge is -2.18. The summed E-state index contributed by atoms with van der Waals surface area (Å²) in [5.74, 6) is 1.47. The molecule has 1 N–H and O–H groups in total. The second-order valence-corrected chi connectivity index (χ2v) is 8.38. The molecule has 0 atom stereocenters. The van der Waals surface area contributed by atoms with Crippen LogP contribution < -0.4 is 14.8 Å². The quantitative estimate of drug-likeness (QED) is 0.428. The van der Waals surface area contributed by atoms with Crippen LogP contribution in [0.4, 0.5) is 0 Å². The van der Waals surface area contributed by atoms with Gasteiger partial charge in [-0.15, -0.1) is 12.4 Å². The molecule has 0 radical (unpaired) electrons. The van der Waals surface area contributed by atoms with Gasteiger partial charge in [0.05, 0.1) is 11.6 Å². The summed E-state index contributed by atoms with van der Waals surface area (Å²) in [5, 5.41) is 4.43. The third-order valence-electron chi connectivity index (χ3n) is 5.04. The number of nitrogens with one attached hydrogen (secondary N) is 1. The summed E-state index contributed by atoms with van der Waals surface area (Å²) >= 11 is 9.59. The van der Waals surface area contributed by atoms with Gasteiger partial charge >= 0.3 is 0 Å². The standard InChI is InChI=1S/C22H27BrClNO2.ClH/c1-26-21-13-17(14-25-19-6-4-2-3-5-7-19)12-20(23)22(21)27-15-16-8-10-18(24)11-9-16;/h8-13,19,25H,2-7,14-15H2,1H3;1H. The topological polar surface area (TPSA) is 30.5 Å². The Labute approximate surface area is 187 Å². The summed E-state index contributed by atoms with van der Waals surface area (Å²) in [7, 11) is 1.68. The minimum atomic E-state index is 0. The second kappa shape index (κ2) is 11.9. The number of ether oxygens (including phenoxy) is 2. The van der Waals surface area contributed by atoms with Crippen LogP contribution in [-0.2, 0) is 13.2 Å². The van der Waals surface area contributed by atoms with Gasteiger partial charge in [0.15, 0.2) is 11.5 Å². The van der Waals surface area contributed by atoms with Gasteiger partial charge < -0.3 is 14.8 Å². The molecule has 1 aliphatic carbocycles. The van der Waals surface area contributed by atoms with Crippen LogP contribution in [0.5, 0.6) is 11.5 Å². The van der Waals surface area contributed by atoms with Gasteiger partial charge in [-0.1, -0.05) is 49.4 Å². The van der Waals surface area contributed by atoms with E-state index in [0.29, 0.717) is 12.6 Å². The predicted octanol–water partition coefficient (Wildman–Crippen LogP) is 6.92. The van der Waals surface area contributed by atoms with Crippen molar-refractivity contribution >= 4 is 39.9 Å². The zero-order chi connectivity index (χ0) is 19.1. The molecule has 1 fully saturated rings. The molecular weight excluding hydrogens is 461 g/mol. The SMILES string of the molecule is COc1cc(CNC2CCCCCC2)cc(Br)c1OCc1ccc(Cl)cc1.Cl. The Hall–Kier alpha value is -0.940. The molecule has 1 aliphatic rings.